The van der Waals surface area contributed by atoms with Crippen molar-refractivity contribution < 1.29 is 14.7 Å². The summed E-state index contributed by atoms with van der Waals surface area (Å²) < 4.78 is 0. The minimum absolute atomic E-state index is 0.196. The molecule has 0 saturated heterocycles. The van der Waals surface area contributed by atoms with Gasteiger partial charge in [0.25, 0.3) is 0 Å². The molecule has 2 rings (SSSR count). The highest BCUT2D eigenvalue weighted by atomic mass is 16.4. The van der Waals surface area contributed by atoms with Crippen molar-refractivity contribution in [1.82, 2.24) is 5.32 Å². The molecule has 2 N–H and O–H groups in total. The Kier molecular flexibility index (Phi) is 6.07. The van der Waals surface area contributed by atoms with Crippen LogP contribution in [0, 0.1) is 23.7 Å². The standard InChI is InChI=1S/C17H29NO3/c1-12(17(20)21)5-4-10-18-16(19)15-9-8-13-6-2-3-7-14(13)11-15/h12-15H,2-11H2,1H3,(H,18,19)(H,20,21). The van der Waals surface area contributed by atoms with Crippen molar-refractivity contribution >= 4 is 11.9 Å². The Morgan fingerprint density at radius 2 is 1.86 bits per heavy atom. The molecular weight excluding hydrogens is 266 g/mol. The van der Waals surface area contributed by atoms with Crippen LogP contribution >= 0.6 is 0 Å². The lowest BCUT2D eigenvalue weighted by Gasteiger charge is -2.38. The monoisotopic (exact) mass is 295 g/mol. The summed E-state index contributed by atoms with van der Waals surface area (Å²) in [7, 11) is 0. The van der Waals surface area contributed by atoms with Crippen LogP contribution < -0.4 is 5.32 Å². The van der Waals surface area contributed by atoms with Crippen LogP contribution in [0.1, 0.15) is 64.7 Å². The van der Waals surface area contributed by atoms with Crippen molar-refractivity contribution in [2.45, 2.75) is 64.7 Å². The van der Waals surface area contributed by atoms with Crippen LogP contribution in [0.3, 0.4) is 0 Å². The van der Waals surface area contributed by atoms with Crippen LogP contribution in [0.2, 0.25) is 0 Å². The van der Waals surface area contributed by atoms with E-state index < -0.39 is 5.97 Å². The quantitative estimate of drug-likeness (QED) is 0.739. The van der Waals surface area contributed by atoms with Gasteiger partial charge in [0.1, 0.15) is 0 Å². The zero-order chi connectivity index (χ0) is 15.2. The molecule has 4 atom stereocenters. The fourth-order valence-electron chi connectivity index (χ4n) is 4.00. The minimum Gasteiger partial charge on any atom is -0.481 e. The van der Waals surface area contributed by atoms with Crippen molar-refractivity contribution in [3.05, 3.63) is 0 Å². The summed E-state index contributed by atoms with van der Waals surface area (Å²) in [6.07, 6.45) is 10.1. The van der Waals surface area contributed by atoms with Gasteiger partial charge in [0.05, 0.1) is 5.92 Å². The Morgan fingerprint density at radius 1 is 1.14 bits per heavy atom. The fourth-order valence-corrected chi connectivity index (χ4v) is 4.00. The van der Waals surface area contributed by atoms with Crippen molar-refractivity contribution in [2.75, 3.05) is 6.54 Å². The van der Waals surface area contributed by atoms with Gasteiger partial charge in [-0.15, -0.1) is 0 Å². The first-order valence-electron chi connectivity index (χ1n) is 8.58. The molecule has 4 heteroatoms. The third-order valence-electron chi connectivity index (χ3n) is 5.45. The molecule has 0 bridgehead atoms. The van der Waals surface area contributed by atoms with Gasteiger partial charge in [-0.1, -0.05) is 32.6 Å². The Labute approximate surface area is 127 Å². The Hall–Kier alpha value is -1.06. The van der Waals surface area contributed by atoms with Crippen molar-refractivity contribution in [3.63, 3.8) is 0 Å². The molecule has 4 unspecified atom stereocenters. The maximum absolute atomic E-state index is 12.2. The second-order valence-electron chi connectivity index (χ2n) is 6.99. The van der Waals surface area contributed by atoms with E-state index >= 15 is 0 Å². The molecule has 0 aliphatic heterocycles. The normalized spacial score (nSPS) is 30.2. The van der Waals surface area contributed by atoms with Crippen LogP contribution in [-0.2, 0) is 9.59 Å². The highest BCUT2D eigenvalue weighted by molar-refractivity contribution is 5.78. The molecule has 0 aromatic rings. The lowest BCUT2D eigenvalue weighted by Crippen LogP contribution is -2.37. The Morgan fingerprint density at radius 3 is 2.57 bits per heavy atom. The number of nitrogens with one attached hydrogen (secondary N) is 1. The summed E-state index contributed by atoms with van der Waals surface area (Å²) in [4.78, 5) is 22.9. The second kappa shape index (κ2) is 7.81. The summed E-state index contributed by atoms with van der Waals surface area (Å²) in [6.45, 7) is 2.33. The predicted molar refractivity (Wildman–Crippen MR) is 81.8 cm³/mol. The van der Waals surface area contributed by atoms with Crippen LogP contribution in [0.15, 0.2) is 0 Å². The van der Waals surface area contributed by atoms with E-state index in [0.717, 1.165) is 31.1 Å². The van der Waals surface area contributed by atoms with E-state index in [-0.39, 0.29) is 17.7 Å². The highest BCUT2D eigenvalue weighted by Gasteiger charge is 2.34. The lowest BCUT2D eigenvalue weighted by atomic mass is 9.67. The zero-order valence-electron chi connectivity index (χ0n) is 13.1. The SMILES string of the molecule is CC(CCCNC(=O)C1CCC2CCCCC2C1)C(=O)O. The molecule has 4 nitrogen and oxygen atoms in total. The van der Waals surface area contributed by atoms with Crippen molar-refractivity contribution in [2.24, 2.45) is 23.7 Å². The number of hydrogen-bond acceptors (Lipinski definition) is 2. The molecule has 21 heavy (non-hydrogen) atoms. The van der Waals surface area contributed by atoms with Crippen LogP contribution in [0.4, 0.5) is 0 Å². The topological polar surface area (TPSA) is 66.4 Å². The first-order chi connectivity index (χ1) is 10.1. The van der Waals surface area contributed by atoms with E-state index in [1.54, 1.807) is 6.92 Å². The first kappa shape index (κ1) is 16.3. The van der Waals surface area contributed by atoms with Gasteiger partial charge in [-0.3, -0.25) is 9.59 Å². The van der Waals surface area contributed by atoms with Gasteiger partial charge in [0.2, 0.25) is 5.91 Å². The molecule has 2 aliphatic rings. The van der Waals surface area contributed by atoms with Gasteiger partial charge < -0.3 is 10.4 Å². The van der Waals surface area contributed by atoms with E-state index in [9.17, 15) is 9.59 Å². The third-order valence-corrected chi connectivity index (χ3v) is 5.45. The number of carboxylic acids is 1. The molecule has 120 valence electrons. The van der Waals surface area contributed by atoms with Gasteiger partial charge in [-0.2, -0.15) is 0 Å². The summed E-state index contributed by atoms with van der Waals surface area (Å²) in [5.74, 6) is 0.967. The molecule has 0 heterocycles. The lowest BCUT2D eigenvalue weighted by molar-refractivity contribution is -0.141. The maximum atomic E-state index is 12.2. The third kappa shape index (κ3) is 4.72. The van der Waals surface area contributed by atoms with E-state index in [1.807, 2.05) is 0 Å². The smallest absolute Gasteiger partial charge is 0.306 e. The van der Waals surface area contributed by atoms with Crippen molar-refractivity contribution in [3.8, 4) is 0 Å². The highest BCUT2D eigenvalue weighted by Crippen LogP contribution is 2.42. The molecule has 0 aromatic carbocycles. The average Bonchev–Trinajstić information content (AvgIpc) is 2.50. The molecule has 2 aliphatic carbocycles. The molecule has 2 saturated carbocycles. The van der Waals surface area contributed by atoms with Crippen LogP contribution in [-0.4, -0.2) is 23.5 Å². The number of carbonyl (C=O) groups is 2. The number of aliphatic carboxylic acids is 1. The van der Waals surface area contributed by atoms with Gasteiger partial charge in [-0.05, 0) is 43.9 Å². The number of rotatable bonds is 6. The largest absolute Gasteiger partial charge is 0.481 e. The van der Waals surface area contributed by atoms with Crippen LogP contribution in [0.25, 0.3) is 0 Å². The average molecular weight is 295 g/mol. The van der Waals surface area contributed by atoms with E-state index in [4.69, 9.17) is 5.11 Å². The predicted octanol–water partition coefficient (Wildman–Crippen LogP) is 3.21. The van der Waals surface area contributed by atoms with Gasteiger partial charge >= 0.3 is 5.97 Å². The summed E-state index contributed by atoms with van der Waals surface area (Å²) in [5, 5.41) is 11.8. The van der Waals surface area contributed by atoms with E-state index in [1.165, 1.54) is 32.1 Å². The maximum Gasteiger partial charge on any atom is 0.306 e. The Balaban J connectivity index is 1.65. The molecule has 0 aromatic heterocycles. The van der Waals surface area contributed by atoms with Gasteiger partial charge in [0.15, 0.2) is 0 Å². The number of carbonyl (C=O) groups excluding carboxylic acids is 1. The molecule has 1 amide bonds. The molecule has 2 fully saturated rings. The number of carboxylic acid groups (broad SMARTS) is 1. The number of hydrogen-bond donors (Lipinski definition) is 2. The number of fused-ring (bicyclic) bond motifs is 1. The van der Waals surface area contributed by atoms with E-state index in [0.29, 0.717) is 13.0 Å². The summed E-state index contributed by atoms with van der Waals surface area (Å²) >= 11 is 0. The van der Waals surface area contributed by atoms with Crippen molar-refractivity contribution in [1.29, 1.82) is 0 Å². The molecule has 0 spiro atoms. The van der Waals surface area contributed by atoms with E-state index in [2.05, 4.69) is 5.32 Å². The molecule has 0 radical (unpaired) electrons. The van der Waals surface area contributed by atoms with Gasteiger partial charge in [-0.25, -0.2) is 0 Å². The first-order valence-corrected chi connectivity index (χ1v) is 8.58. The zero-order valence-corrected chi connectivity index (χ0v) is 13.1. The Bertz CT molecular complexity index is 369. The van der Waals surface area contributed by atoms with Crippen LogP contribution in [0.5, 0.6) is 0 Å². The number of amides is 1. The molecular formula is C17H29NO3. The second-order valence-corrected chi connectivity index (χ2v) is 6.99. The fraction of sp³-hybridized carbons (Fsp3) is 0.882. The minimum atomic E-state index is -0.753. The van der Waals surface area contributed by atoms with Gasteiger partial charge in [0, 0.05) is 12.5 Å². The summed E-state index contributed by atoms with van der Waals surface area (Å²) in [5.41, 5.74) is 0. The summed E-state index contributed by atoms with van der Waals surface area (Å²) in [6, 6.07) is 0.